The number of hydrogen-bond donors (Lipinski definition) is 1. The Labute approximate surface area is 102 Å². The normalized spacial score (nSPS) is 12.9. The predicted octanol–water partition coefficient (Wildman–Crippen LogP) is 1.59. The van der Waals surface area contributed by atoms with Crippen molar-refractivity contribution in [2.24, 2.45) is 16.6 Å². The number of guanidine groups is 1. The third kappa shape index (κ3) is 4.56. The van der Waals surface area contributed by atoms with Crippen LogP contribution in [0.25, 0.3) is 0 Å². The molecule has 1 unspecified atom stereocenters. The minimum absolute atomic E-state index is 0.0505. The van der Waals surface area contributed by atoms with E-state index in [4.69, 9.17) is 11.0 Å². The second-order valence-electron chi connectivity index (χ2n) is 4.07. The minimum atomic E-state index is -0.0505. The molecule has 0 saturated heterocycles. The lowest BCUT2D eigenvalue weighted by atomic mass is 10.2. The van der Waals surface area contributed by atoms with Gasteiger partial charge in [0.2, 0.25) is 0 Å². The molecule has 1 aromatic rings. The summed E-state index contributed by atoms with van der Waals surface area (Å²) in [5.41, 5.74) is 6.96. The van der Waals surface area contributed by atoms with E-state index in [0.29, 0.717) is 19.0 Å². The molecule has 4 nitrogen and oxygen atoms in total. The molecule has 4 heteroatoms. The maximum Gasteiger partial charge on any atom is 0.191 e. The zero-order chi connectivity index (χ0) is 12.7. The molecule has 90 valence electrons. The summed E-state index contributed by atoms with van der Waals surface area (Å²) in [4.78, 5) is 6.10. The van der Waals surface area contributed by atoms with Crippen LogP contribution in [-0.4, -0.2) is 24.5 Å². The monoisotopic (exact) mass is 230 g/mol. The van der Waals surface area contributed by atoms with Gasteiger partial charge in [-0.15, -0.1) is 0 Å². The number of benzene rings is 1. The SMILES string of the molecule is CC(C#N)CN(C)C(N)=NCc1ccccc1. The largest absolute Gasteiger partial charge is 0.370 e. The highest BCUT2D eigenvalue weighted by Crippen LogP contribution is 2.01. The molecule has 1 aromatic carbocycles. The van der Waals surface area contributed by atoms with Crippen molar-refractivity contribution in [3.8, 4) is 6.07 Å². The summed E-state index contributed by atoms with van der Waals surface area (Å²) in [6, 6.07) is 12.1. The summed E-state index contributed by atoms with van der Waals surface area (Å²) < 4.78 is 0. The number of aliphatic imine (C=N–C) groups is 1. The standard InChI is InChI=1S/C13H18N4/c1-11(8-14)10-17(2)13(15)16-9-12-6-4-3-5-7-12/h3-7,11H,9-10H2,1-2H3,(H2,15,16). The highest BCUT2D eigenvalue weighted by Gasteiger charge is 2.06. The van der Waals surface area contributed by atoms with Crippen LogP contribution in [0, 0.1) is 17.2 Å². The lowest BCUT2D eigenvalue weighted by molar-refractivity contribution is 0.448. The van der Waals surface area contributed by atoms with Gasteiger partial charge in [-0.1, -0.05) is 30.3 Å². The van der Waals surface area contributed by atoms with Gasteiger partial charge in [-0.25, -0.2) is 4.99 Å². The molecule has 0 aliphatic heterocycles. The quantitative estimate of drug-likeness (QED) is 0.631. The van der Waals surface area contributed by atoms with Gasteiger partial charge in [0.05, 0.1) is 18.5 Å². The Bertz CT molecular complexity index is 405. The summed E-state index contributed by atoms with van der Waals surface area (Å²) in [5.74, 6) is 0.418. The minimum Gasteiger partial charge on any atom is -0.370 e. The van der Waals surface area contributed by atoms with E-state index in [1.54, 1.807) is 4.90 Å². The van der Waals surface area contributed by atoms with Gasteiger partial charge in [0.25, 0.3) is 0 Å². The number of hydrogen-bond acceptors (Lipinski definition) is 2. The first-order valence-corrected chi connectivity index (χ1v) is 5.58. The highest BCUT2D eigenvalue weighted by molar-refractivity contribution is 5.77. The predicted molar refractivity (Wildman–Crippen MR) is 69.2 cm³/mol. The Balaban J connectivity index is 2.52. The molecule has 0 radical (unpaired) electrons. The van der Waals surface area contributed by atoms with E-state index in [0.717, 1.165) is 5.56 Å². The molecular formula is C13H18N4. The van der Waals surface area contributed by atoms with Crippen molar-refractivity contribution in [2.75, 3.05) is 13.6 Å². The zero-order valence-corrected chi connectivity index (χ0v) is 10.3. The Morgan fingerprint density at radius 3 is 2.71 bits per heavy atom. The van der Waals surface area contributed by atoms with E-state index >= 15 is 0 Å². The van der Waals surface area contributed by atoms with Gasteiger partial charge in [-0.05, 0) is 12.5 Å². The van der Waals surface area contributed by atoms with Gasteiger partial charge in [0.1, 0.15) is 0 Å². The van der Waals surface area contributed by atoms with E-state index in [1.807, 2.05) is 44.3 Å². The van der Waals surface area contributed by atoms with Crippen LogP contribution in [0.5, 0.6) is 0 Å². The zero-order valence-electron chi connectivity index (χ0n) is 10.3. The molecule has 1 rings (SSSR count). The molecular weight excluding hydrogens is 212 g/mol. The average Bonchev–Trinajstić information content (AvgIpc) is 2.36. The van der Waals surface area contributed by atoms with Crippen LogP contribution in [0.2, 0.25) is 0 Å². The summed E-state index contributed by atoms with van der Waals surface area (Å²) in [5, 5.41) is 8.72. The van der Waals surface area contributed by atoms with Gasteiger partial charge in [0, 0.05) is 13.6 Å². The number of nitrogens with zero attached hydrogens (tertiary/aromatic N) is 3. The van der Waals surface area contributed by atoms with E-state index < -0.39 is 0 Å². The van der Waals surface area contributed by atoms with Gasteiger partial charge in [0.15, 0.2) is 5.96 Å². The molecule has 2 N–H and O–H groups in total. The summed E-state index contributed by atoms with van der Waals surface area (Å²) in [6.45, 7) is 3.03. The Kier molecular flexibility index (Phi) is 5.02. The van der Waals surface area contributed by atoms with Crippen molar-refractivity contribution >= 4 is 5.96 Å². The van der Waals surface area contributed by atoms with Crippen molar-refractivity contribution in [3.63, 3.8) is 0 Å². The second kappa shape index (κ2) is 6.54. The van der Waals surface area contributed by atoms with Crippen molar-refractivity contribution < 1.29 is 0 Å². The topological polar surface area (TPSA) is 65.4 Å². The maximum absolute atomic E-state index is 8.72. The Hall–Kier alpha value is -2.02. The average molecular weight is 230 g/mol. The van der Waals surface area contributed by atoms with Crippen molar-refractivity contribution in [2.45, 2.75) is 13.5 Å². The van der Waals surface area contributed by atoms with Crippen LogP contribution in [0.15, 0.2) is 35.3 Å². The van der Waals surface area contributed by atoms with Crippen LogP contribution < -0.4 is 5.73 Å². The van der Waals surface area contributed by atoms with Crippen LogP contribution in [0.1, 0.15) is 12.5 Å². The summed E-state index contributed by atoms with van der Waals surface area (Å²) in [6.07, 6.45) is 0. The number of nitrogens with two attached hydrogens (primary N) is 1. The molecule has 0 aliphatic rings. The van der Waals surface area contributed by atoms with Gasteiger partial charge >= 0.3 is 0 Å². The first kappa shape index (κ1) is 13.0. The lowest BCUT2D eigenvalue weighted by Crippen LogP contribution is -2.36. The van der Waals surface area contributed by atoms with Crippen LogP contribution in [0.3, 0.4) is 0 Å². The first-order chi connectivity index (χ1) is 8.13. The molecule has 0 saturated carbocycles. The summed E-state index contributed by atoms with van der Waals surface area (Å²) >= 11 is 0. The molecule has 1 atom stereocenters. The van der Waals surface area contributed by atoms with E-state index in [2.05, 4.69) is 11.1 Å². The first-order valence-electron chi connectivity index (χ1n) is 5.58. The fourth-order valence-electron chi connectivity index (χ4n) is 1.42. The highest BCUT2D eigenvalue weighted by atomic mass is 15.2. The van der Waals surface area contributed by atoms with Crippen LogP contribution in [0.4, 0.5) is 0 Å². The van der Waals surface area contributed by atoms with Gasteiger partial charge < -0.3 is 10.6 Å². The molecule has 0 bridgehead atoms. The number of nitriles is 1. The third-order valence-corrected chi connectivity index (χ3v) is 2.43. The van der Waals surface area contributed by atoms with Crippen LogP contribution >= 0.6 is 0 Å². The molecule has 0 amide bonds. The Morgan fingerprint density at radius 1 is 1.47 bits per heavy atom. The summed E-state index contributed by atoms with van der Waals surface area (Å²) in [7, 11) is 1.84. The van der Waals surface area contributed by atoms with Crippen molar-refractivity contribution in [3.05, 3.63) is 35.9 Å². The lowest BCUT2D eigenvalue weighted by Gasteiger charge is -2.18. The molecule has 0 aliphatic carbocycles. The molecule has 17 heavy (non-hydrogen) atoms. The van der Waals surface area contributed by atoms with E-state index in [-0.39, 0.29) is 5.92 Å². The van der Waals surface area contributed by atoms with Gasteiger partial charge in [-0.2, -0.15) is 5.26 Å². The maximum atomic E-state index is 8.72. The van der Waals surface area contributed by atoms with Crippen LogP contribution in [-0.2, 0) is 6.54 Å². The smallest absolute Gasteiger partial charge is 0.191 e. The van der Waals surface area contributed by atoms with Crippen molar-refractivity contribution in [1.29, 1.82) is 5.26 Å². The molecule has 0 aromatic heterocycles. The van der Waals surface area contributed by atoms with E-state index in [9.17, 15) is 0 Å². The molecule has 0 heterocycles. The molecule has 0 fully saturated rings. The second-order valence-corrected chi connectivity index (χ2v) is 4.07. The third-order valence-electron chi connectivity index (χ3n) is 2.43. The van der Waals surface area contributed by atoms with Gasteiger partial charge in [-0.3, -0.25) is 0 Å². The fourth-order valence-corrected chi connectivity index (χ4v) is 1.42. The fraction of sp³-hybridized carbons (Fsp3) is 0.385. The number of rotatable bonds is 4. The van der Waals surface area contributed by atoms with Crippen molar-refractivity contribution in [1.82, 2.24) is 4.90 Å². The molecule has 0 spiro atoms. The Morgan fingerprint density at radius 2 is 2.12 bits per heavy atom. The van der Waals surface area contributed by atoms with E-state index in [1.165, 1.54) is 0 Å².